The molecule has 16 heavy (non-hydrogen) atoms. The quantitative estimate of drug-likeness (QED) is 0.792. The van der Waals surface area contributed by atoms with E-state index in [2.05, 4.69) is 15.9 Å². The van der Waals surface area contributed by atoms with Crippen molar-refractivity contribution in [2.75, 3.05) is 18.0 Å². The summed E-state index contributed by atoms with van der Waals surface area (Å²) in [6.07, 6.45) is 0. The summed E-state index contributed by atoms with van der Waals surface area (Å²) in [5, 5.41) is 26.3. The van der Waals surface area contributed by atoms with Crippen LogP contribution in [-0.4, -0.2) is 13.1 Å². The number of anilines is 1. The number of nitrogens with zero attached hydrogens (tertiary/aromatic N) is 4. The maximum atomic E-state index is 8.96. The van der Waals surface area contributed by atoms with Gasteiger partial charge in [0.15, 0.2) is 0 Å². The largest absolute Gasteiger partial charge is 0.344 e. The van der Waals surface area contributed by atoms with Crippen LogP contribution in [0.4, 0.5) is 5.69 Å². The molecule has 0 unspecified atom stereocenters. The summed E-state index contributed by atoms with van der Waals surface area (Å²) >= 11 is 3.26. The van der Waals surface area contributed by atoms with Crippen LogP contribution in [0.15, 0.2) is 22.7 Å². The molecule has 0 spiro atoms. The average Bonchev–Trinajstić information content (AvgIpc) is 2.28. The minimum Gasteiger partial charge on any atom is -0.344 e. The Labute approximate surface area is 102 Å². The van der Waals surface area contributed by atoms with Crippen LogP contribution < -0.4 is 4.90 Å². The molecule has 0 saturated carbocycles. The fourth-order valence-corrected chi connectivity index (χ4v) is 1.63. The van der Waals surface area contributed by atoms with Crippen LogP contribution >= 0.6 is 15.9 Å². The molecule has 0 bridgehead atoms. The van der Waals surface area contributed by atoms with Gasteiger partial charge < -0.3 is 4.90 Å². The molecule has 0 N–H and O–H groups in total. The van der Waals surface area contributed by atoms with E-state index < -0.39 is 0 Å². The highest BCUT2D eigenvalue weighted by atomic mass is 79.9. The van der Waals surface area contributed by atoms with Gasteiger partial charge in [0.2, 0.25) is 0 Å². The number of benzene rings is 1. The van der Waals surface area contributed by atoms with E-state index in [1.807, 2.05) is 18.2 Å². The lowest BCUT2D eigenvalue weighted by atomic mass is 10.1. The molecule has 78 valence electrons. The lowest BCUT2D eigenvalue weighted by Crippen LogP contribution is -2.24. The Balaban J connectivity index is 3.16. The van der Waals surface area contributed by atoms with E-state index in [0.29, 0.717) is 11.3 Å². The van der Waals surface area contributed by atoms with Gasteiger partial charge in [-0.2, -0.15) is 15.8 Å². The molecule has 0 saturated heterocycles. The van der Waals surface area contributed by atoms with Gasteiger partial charge in [-0.1, -0.05) is 15.9 Å². The second-order valence-corrected chi connectivity index (χ2v) is 3.86. The van der Waals surface area contributed by atoms with Crippen LogP contribution in [0.3, 0.4) is 0 Å². The first-order valence-corrected chi connectivity index (χ1v) is 5.20. The number of halogens is 1. The Kier molecular flexibility index (Phi) is 4.33. The van der Waals surface area contributed by atoms with Crippen LogP contribution in [0.1, 0.15) is 5.56 Å². The molecule has 0 aliphatic heterocycles. The van der Waals surface area contributed by atoms with Gasteiger partial charge in [0.05, 0.1) is 23.4 Å². The minimum atomic E-state index is 0.0872. The van der Waals surface area contributed by atoms with Gasteiger partial charge in [-0.3, -0.25) is 0 Å². The highest BCUT2D eigenvalue weighted by Gasteiger charge is 2.10. The molecule has 0 fully saturated rings. The van der Waals surface area contributed by atoms with E-state index in [1.54, 1.807) is 23.1 Å². The molecule has 1 rings (SSSR count). The monoisotopic (exact) mass is 274 g/mol. The molecule has 0 aliphatic carbocycles. The van der Waals surface area contributed by atoms with E-state index in [0.717, 1.165) is 4.47 Å². The van der Waals surface area contributed by atoms with Gasteiger partial charge in [-0.25, -0.2) is 0 Å². The predicted octanol–water partition coefficient (Wildman–Crippen LogP) is 2.17. The van der Waals surface area contributed by atoms with Crippen molar-refractivity contribution < 1.29 is 0 Å². The van der Waals surface area contributed by atoms with Crippen molar-refractivity contribution in [3.63, 3.8) is 0 Å². The Bertz CT molecular complexity index is 488. The molecule has 0 aliphatic rings. The molecular formula is C11H7BrN4. The van der Waals surface area contributed by atoms with Gasteiger partial charge in [0.25, 0.3) is 0 Å². The number of hydrogen-bond acceptors (Lipinski definition) is 4. The lowest BCUT2D eigenvalue weighted by molar-refractivity contribution is 0.963. The number of nitriles is 3. The standard InChI is InChI=1S/C11H7BrN4/c12-10-1-2-11(9(7-10)8-15)16(5-3-13)6-4-14/h1-2,7H,5-6H2. The van der Waals surface area contributed by atoms with Crippen molar-refractivity contribution in [1.29, 1.82) is 15.8 Å². The Morgan fingerprint density at radius 2 is 1.75 bits per heavy atom. The summed E-state index contributed by atoms with van der Waals surface area (Å²) in [6, 6.07) is 11.1. The minimum absolute atomic E-state index is 0.0872. The third kappa shape index (κ3) is 2.73. The summed E-state index contributed by atoms with van der Waals surface area (Å²) in [5.74, 6) is 0. The van der Waals surface area contributed by atoms with Crippen LogP contribution in [0.2, 0.25) is 0 Å². The highest BCUT2D eigenvalue weighted by molar-refractivity contribution is 9.10. The van der Waals surface area contributed by atoms with Gasteiger partial charge in [-0.15, -0.1) is 0 Å². The van der Waals surface area contributed by atoms with Crippen LogP contribution in [0.25, 0.3) is 0 Å². The zero-order valence-corrected chi connectivity index (χ0v) is 9.90. The summed E-state index contributed by atoms with van der Waals surface area (Å²) < 4.78 is 0.793. The van der Waals surface area contributed by atoms with E-state index in [4.69, 9.17) is 15.8 Å². The maximum absolute atomic E-state index is 8.96. The van der Waals surface area contributed by atoms with Gasteiger partial charge in [-0.05, 0) is 18.2 Å². The van der Waals surface area contributed by atoms with Crippen molar-refractivity contribution in [3.8, 4) is 18.2 Å². The molecule has 0 radical (unpaired) electrons. The van der Waals surface area contributed by atoms with E-state index in [1.165, 1.54) is 0 Å². The van der Waals surface area contributed by atoms with Gasteiger partial charge >= 0.3 is 0 Å². The third-order valence-corrected chi connectivity index (χ3v) is 2.44. The summed E-state index contributed by atoms with van der Waals surface area (Å²) in [6.45, 7) is 0.174. The van der Waals surface area contributed by atoms with Crippen molar-refractivity contribution in [1.82, 2.24) is 0 Å². The first-order chi connectivity index (χ1) is 7.72. The first-order valence-electron chi connectivity index (χ1n) is 4.41. The fourth-order valence-electron chi connectivity index (χ4n) is 1.27. The molecule has 4 nitrogen and oxygen atoms in total. The van der Waals surface area contributed by atoms with E-state index >= 15 is 0 Å². The molecule has 0 heterocycles. The normalized spacial score (nSPS) is 8.62. The van der Waals surface area contributed by atoms with Crippen molar-refractivity contribution in [3.05, 3.63) is 28.2 Å². The van der Waals surface area contributed by atoms with Gasteiger partial charge in [0, 0.05) is 4.47 Å². The first kappa shape index (κ1) is 12.0. The fraction of sp³-hybridized carbons (Fsp3) is 0.182. The third-order valence-electron chi connectivity index (χ3n) is 1.94. The van der Waals surface area contributed by atoms with Crippen LogP contribution in [0.5, 0.6) is 0 Å². The van der Waals surface area contributed by atoms with E-state index in [9.17, 15) is 0 Å². The van der Waals surface area contributed by atoms with Crippen LogP contribution in [0, 0.1) is 34.0 Å². The van der Waals surface area contributed by atoms with Crippen LogP contribution in [-0.2, 0) is 0 Å². The highest BCUT2D eigenvalue weighted by Crippen LogP contribution is 2.23. The van der Waals surface area contributed by atoms with Gasteiger partial charge in [0.1, 0.15) is 19.2 Å². The van der Waals surface area contributed by atoms with Crippen molar-refractivity contribution >= 4 is 21.6 Å². The number of rotatable bonds is 3. The molecule has 0 aromatic heterocycles. The predicted molar refractivity (Wildman–Crippen MR) is 62.3 cm³/mol. The molecule has 1 aromatic rings. The average molecular weight is 275 g/mol. The summed E-state index contributed by atoms with van der Waals surface area (Å²) in [4.78, 5) is 1.56. The zero-order chi connectivity index (χ0) is 12.0. The second kappa shape index (κ2) is 5.75. The van der Waals surface area contributed by atoms with Crippen molar-refractivity contribution in [2.45, 2.75) is 0 Å². The molecule has 5 heteroatoms. The smallest absolute Gasteiger partial charge is 0.107 e. The number of hydrogen-bond donors (Lipinski definition) is 0. The Hall–Kier alpha value is -2.03. The SMILES string of the molecule is N#CCN(CC#N)c1ccc(Br)cc1C#N. The Morgan fingerprint density at radius 1 is 1.12 bits per heavy atom. The summed E-state index contributed by atoms with van der Waals surface area (Å²) in [7, 11) is 0. The maximum Gasteiger partial charge on any atom is 0.107 e. The lowest BCUT2D eigenvalue weighted by Gasteiger charge is -2.19. The zero-order valence-electron chi connectivity index (χ0n) is 8.31. The molecular weight excluding hydrogens is 268 g/mol. The topological polar surface area (TPSA) is 74.6 Å². The van der Waals surface area contributed by atoms with Crippen molar-refractivity contribution in [2.24, 2.45) is 0 Å². The van der Waals surface area contributed by atoms with E-state index in [-0.39, 0.29) is 13.1 Å². The second-order valence-electron chi connectivity index (χ2n) is 2.95. The molecule has 0 amide bonds. The Morgan fingerprint density at radius 3 is 2.25 bits per heavy atom. The molecule has 1 aromatic carbocycles. The molecule has 0 atom stereocenters. The summed E-state index contributed by atoms with van der Waals surface area (Å²) in [5.41, 5.74) is 1.05.